The second-order valence-corrected chi connectivity index (χ2v) is 6.36. The van der Waals surface area contributed by atoms with Gasteiger partial charge in [0.1, 0.15) is 17.2 Å². The molecule has 1 unspecified atom stereocenters. The van der Waals surface area contributed by atoms with Crippen LogP contribution in [0.15, 0.2) is 17.8 Å². The first-order valence-corrected chi connectivity index (χ1v) is 8.45. The number of carbonyl (C=O) groups excluding carboxylic acids is 1. The minimum absolute atomic E-state index is 0.258. The molecule has 136 valence electrons. The van der Waals surface area contributed by atoms with E-state index in [4.69, 9.17) is 0 Å². The zero-order chi connectivity index (χ0) is 17.9. The van der Waals surface area contributed by atoms with E-state index in [0.717, 1.165) is 11.3 Å². The Bertz CT molecular complexity index is 697. The van der Waals surface area contributed by atoms with Crippen LogP contribution in [-0.4, -0.2) is 76.0 Å². The first-order chi connectivity index (χ1) is 12.0. The lowest BCUT2D eigenvalue weighted by atomic mass is 10.2. The van der Waals surface area contributed by atoms with Gasteiger partial charge in [0.25, 0.3) is 5.91 Å². The maximum atomic E-state index is 13.4. The number of tetrazole rings is 1. The van der Waals surface area contributed by atoms with Gasteiger partial charge in [0.2, 0.25) is 0 Å². The van der Waals surface area contributed by atoms with E-state index in [2.05, 4.69) is 26.2 Å². The average Bonchev–Trinajstić information content (AvgIpc) is 3.25. The summed E-state index contributed by atoms with van der Waals surface area (Å²) in [4.78, 5) is 14.0. The van der Waals surface area contributed by atoms with Crippen LogP contribution in [0.2, 0.25) is 0 Å². The standard InChI is InChI=1S/C13H16F3N7OS/c14-13(15,16)10(22-4-2-17-3-5-22)7-18-12(24)11-9(1-6-25-11)23-8-19-20-21-23/h1,6,8,10,17H,2-5,7H2,(H,18,24). The van der Waals surface area contributed by atoms with Crippen molar-refractivity contribution in [1.29, 1.82) is 0 Å². The van der Waals surface area contributed by atoms with Gasteiger partial charge in [-0.15, -0.1) is 16.4 Å². The molecule has 1 fully saturated rings. The van der Waals surface area contributed by atoms with E-state index in [0.29, 0.717) is 18.8 Å². The topological polar surface area (TPSA) is 88.0 Å². The Morgan fingerprint density at radius 2 is 2.16 bits per heavy atom. The minimum atomic E-state index is -4.42. The van der Waals surface area contributed by atoms with Gasteiger partial charge in [0, 0.05) is 32.7 Å². The zero-order valence-electron chi connectivity index (χ0n) is 13.0. The van der Waals surface area contributed by atoms with Crippen LogP contribution in [0.1, 0.15) is 9.67 Å². The smallest absolute Gasteiger partial charge is 0.349 e. The van der Waals surface area contributed by atoms with Crippen molar-refractivity contribution < 1.29 is 18.0 Å². The first-order valence-electron chi connectivity index (χ1n) is 7.57. The summed E-state index contributed by atoms with van der Waals surface area (Å²) in [7, 11) is 0. The van der Waals surface area contributed by atoms with Crippen LogP contribution in [0.5, 0.6) is 0 Å². The summed E-state index contributed by atoms with van der Waals surface area (Å²) in [5.41, 5.74) is 0.429. The Morgan fingerprint density at radius 3 is 2.80 bits per heavy atom. The Morgan fingerprint density at radius 1 is 1.40 bits per heavy atom. The second kappa shape index (κ2) is 7.45. The van der Waals surface area contributed by atoms with Gasteiger partial charge in [-0.2, -0.15) is 17.9 Å². The summed E-state index contributed by atoms with van der Waals surface area (Å²) in [6.45, 7) is 1.06. The molecular formula is C13H16F3N7OS. The fraction of sp³-hybridized carbons (Fsp3) is 0.538. The van der Waals surface area contributed by atoms with E-state index in [1.165, 1.54) is 15.9 Å². The third kappa shape index (κ3) is 4.14. The van der Waals surface area contributed by atoms with E-state index >= 15 is 0 Å². The van der Waals surface area contributed by atoms with Crippen LogP contribution < -0.4 is 10.6 Å². The Hall–Kier alpha value is -2.05. The van der Waals surface area contributed by atoms with Crippen LogP contribution in [0.4, 0.5) is 13.2 Å². The molecule has 0 aromatic carbocycles. The monoisotopic (exact) mass is 375 g/mol. The molecule has 0 radical (unpaired) electrons. The quantitative estimate of drug-likeness (QED) is 0.781. The predicted octanol–water partition coefficient (Wildman–Crippen LogP) is 0.290. The molecule has 8 nitrogen and oxygen atoms in total. The molecule has 1 aliphatic heterocycles. The van der Waals surface area contributed by atoms with Gasteiger partial charge >= 0.3 is 6.18 Å². The van der Waals surface area contributed by atoms with Crippen molar-refractivity contribution in [1.82, 2.24) is 35.7 Å². The molecule has 1 amide bonds. The number of alkyl halides is 3. The highest BCUT2D eigenvalue weighted by molar-refractivity contribution is 7.12. The van der Waals surface area contributed by atoms with E-state index in [1.807, 2.05) is 0 Å². The third-order valence-electron chi connectivity index (χ3n) is 3.87. The summed E-state index contributed by atoms with van der Waals surface area (Å²) in [5.74, 6) is -0.579. The van der Waals surface area contributed by atoms with E-state index in [9.17, 15) is 18.0 Å². The van der Waals surface area contributed by atoms with Crippen LogP contribution in [0.25, 0.3) is 5.69 Å². The van der Waals surface area contributed by atoms with Gasteiger partial charge in [0.15, 0.2) is 0 Å². The molecule has 0 saturated carbocycles. The molecule has 12 heteroatoms. The molecule has 2 aromatic rings. The summed E-state index contributed by atoms with van der Waals surface area (Å²) in [5, 5.41) is 17.7. The average molecular weight is 375 g/mol. The summed E-state index contributed by atoms with van der Waals surface area (Å²) in [6, 6.07) is -0.0805. The minimum Gasteiger partial charge on any atom is -0.349 e. The molecule has 1 atom stereocenters. The maximum absolute atomic E-state index is 13.4. The van der Waals surface area contributed by atoms with Gasteiger partial charge in [-0.3, -0.25) is 9.69 Å². The summed E-state index contributed by atoms with van der Waals surface area (Å²) < 4.78 is 41.4. The highest BCUT2D eigenvalue weighted by Gasteiger charge is 2.43. The number of halogens is 3. The van der Waals surface area contributed by atoms with Gasteiger partial charge in [-0.1, -0.05) is 0 Å². The number of nitrogens with zero attached hydrogens (tertiary/aromatic N) is 5. The molecule has 2 aromatic heterocycles. The lowest BCUT2D eigenvalue weighted by molar-refractivity contribution is -0.183. The molecule has 2 N–H and O–H groups in total. The molecule has 3 heterocycles. The van der Waals surface area contributed by atoms with Gasteiger partial charge in [-0.05, 0) is 21.9 Å². The maximum Gasteiger partial charge on any atom is 0.405 e. The van der Waals surface area contributed by atoms with Gasteiger partial charge in [0.05, 0.1) is 5.69 Å². The Labute approximate surface area is 145 Å². The molecule has 1 saturated heterocycles. The number of rotatable bonds is 5. The van der Waals surface area contributed by atoms with Crippen molar-refractivity contribution in [2.45, 2.75) is 12.2 Å². The number of hydrogen-bond donors (Lipinski definition) is 2. The highest BCUT2D eigenvalue weighted by atomic mass is 32.1. The molecule has 1 aliphatic rings. The van der Waals surface area contributed by atoms with Crippen molar-refractivity contribution in [3.8, 4) is 5.69 Å². The number of aromatic nitrogens is 4. The second-order valence-electron chi connectivity index (χ2n) is 5.44. The SMILES string of the molecule is O=C(NCC(N1CCNCC1)C(F)(F)F)c1sccc1-n1cnnn1. The van der Waals surface area contributed by atoms with Crippen molar-refractivity contribution in [2.24, 2.45) is 0 Å². The van der Waals surface area contributed by atoms with E-state index in [1.54, 1.807) is 11.4 Å². The molecule has 0 bridgehead atoms. The molecule has 3 rings (SSSR count). The summed E-state index contributed by atoms with van der Waals surface area (Å²) in [6.07, 6.45) is -3.10. The van der Waals surface area contributed by atoms with Crippen LogP contribution >= 0.6 is 11.3 Å². The van der Waals surface area contributed by atoms with Gasteiger partial charge < -0.3 is 10.6 Å². The van der Waals surface area contributed by atoms with Crippen LogP contribution in [-0.2, 0) is 0 Å². The normalized spacial score (nSPS) is 17.4. The molecule has 0 aliphatic carbocycles. The third-order valence-corrected chi connectivity index (χ3v) is 4.78. The van der Waals surface area contributed by atoms with Crippen molar-refractivity contribution in [3.05, 3.63) is 22.7 Å². The lowest BCUT2D eigenvalue weighted by Crippen LogP contribution is -2.57. The number of piperazine rings is 1. The molecular weight excluding hydrogens is 359 g/mol. The number of thiophene rings is 1. The number of nitrogens with one attached hydrogen (secondary N) is 2. The van der Waals surface area contributed by atoms with Crippen LogP contribution in [0, 0.1) is 0 Å². The predicted molar refractivity (Wildman–Crippen MR) is 83.6 cm³/mol. The largest absolute Gasteiger partial charge is 0.405 e. The summed E-state index contributed by atoms with van der Waals surface area (Å²) >= 11 is 1.12. The van der Waals surface area contributed by atoms with Crippen molar-refractivity contribution >= 4 is 17.2 Å². The van der Waals surface area contributed by atoms with E-state index < -0.39 is 24.7 Å². The fourth-order valence-electron chi connectivity index (χ4n) is 2.64. The lowest BCUT2D eigenvalue weighted by Gasteiger charge is -2.35. The highest BCUT2D eigenvalue weighted by Crippen LogP contribution is 2.25. The zero-order valence-corrected chi connectivity index (χ0v) is 13.8. The first kappa shape index (κ1) is 17.8. The number of hydrogen-bond acceptors (Lipinski definition) is 7. The number of amides is 1. The Kier molecular flexibility index (Phi) is 5.30. The van der Waals surface area contributed by atoms with E-state index in [-0.39, 0.29) is 18.0 Å². The van der Waals surface area contributed by atoms with Crippen LogP contribution in [0.3, 0.4) is 0 Å². The van der Waals surface area contributed by atoms with Crippen molar-refractivity contribution in [2.75, 3.05) is 32.7 Å². The number of carbonyl (C=O) groups is 1. The Balaban J connectivity index is 1.69. The molecule has 25 heavy (non-hydrogen) atoms. The van der Waals surface area contributed by atoms with Gasteiger partial charge in [-0.25, -0.2) is 0 Å². The molecule has 0 spiro atoms. The fourth-order valence-corrected chi connectivity index (χ4v) is 3.43. The van der Waals surface area contributed by atoms with Crippen molar-refractivity contribution in [3.63, 3.8) is 0 Å².